The van der Waals surface area contributed by atoms with Crippen LogP contribution in [-0.4, -0.2) is 40.2 Å². The summed E-state index contributed by atoms with van der Waals surface area (Å²) in [4.78, 5) is 41.9. The fourth-order valence-electron chi connectivity index (χ4n) is 6.13. The third-order valence-corrected chi connectivity index (χ3v) is 7.57. The highest BCUT2D eigenvalue weighted by molar-refractivity contribution is 6.00. The highest BCUT2D eigenvalue weighted by Gasteiger charge is 2.74. The summed E-state index contributed by atoms with van der Waals surface area (Å²) >= 11 is 0. The minimum absolute atomic E-state index is 0.0727. The number of fused-ring (bicyclic) bond motifs is 2. The van der Waals surface area contributed by atoms with Crippen LogP contribution in [0.25, 0.3) is 0 Å². The van der Waals surface area contributed by atoms with E-state index in [1.807, 2.05) is 50.3 Å². The van der Waals surface area contributed by atoms with Gasteiger partial charge in [0.15, 0.2) is 0 Å². The Morgan fingerprint density at radius 3 is 2.69 bits per heavy atom. The number of nitrogens with one attached hydrogen (secondary N) is 1. The predicted octanol–water partition coefficient (Wildman–Crippen LogP) is 3.03. The summed E-state index contributed by atoms with van der Waals surface area (Å²) in [5.41, 5.74) is 0.803. The Balaban J connectivity index is 1.38. The quantitative estimate of drug-likeness (QED) is 0.754. The molecule has 7 nitrogen and oxygen atoms in total. The van der Waals surface area contributed by atoms with E-state index in [1.165, 1.54) is 0 Å². The van der Waals surface area contributed by atoms with Gasteiger partial charge in [-0.15, -0.1) is 0 Å². The number of ether oxygens (including phenoxy) is 1. The summed E-state index contributed by atoms with van der Waals surface area (Å²) in [6.07, 6.45) is 5.05. The average Bonchev–Trinajstić information content (AvgIpc) is 3.54. The minimum Gasteiger partial charge on any atom is -0.467 e. The van der Waals surface area contributed by atoms with Crippen molar-refractivity contribution in [2.24, 2.45) is 17.8 Å². The summed E-state index contributed by atoms with van der Waals surface area (Å²) in [6, 6.07) is 10.2. The molecule has 0 radical (unpaired) electrons. The summed E-state index contributed by atoms with van der Waals surface area (Å²) in [6.45, 7) is 3.84. The maximum atomic E-state index is 13.9. The smallest absolute Gasteiger partial charge is 0.231 e. The van der Waals surface area contributed by atoms with Gasteiger partial charge >= 0.3 is 0 Å². The van der Waals surface area contributed by atoms with Crippen LogP contribution >= 0.6 is 0 Å². The standard InChI is InChI=1S/C25H24N2O5/c1-13-5-7-15(8-6-13)26-23(29)20-19-9-10-25(32-19)21(20)24(30)27-16(18-4-3-11-31-18)12-17(28)14(2)22(25)27/h3-11,14,16,19-22H,12H2,1-2H3,(H,26,29)/t14-,16-,19+,20+,21-,22-,25-/m0/s1. The van der Waals surface area contributed by atoms with Crippen LogP contribution in [0.3, 0.4) is 0 Å². The second-order valence-corrected chi connectivity index (χ2v) is 9.33. The van der Waals surface area contributed by atoms with E-state index in [0.717, 1.165) is 5.56 Å². The lowest BCUT2D eigenvalue weighted by molar-refractivity contribution is -0.147. The number of hydrogen-bond acceptors (Lipinski definition) is 5. The number of carbonyl (C=O) groups excluding carboxylic acids is 3. The van der Waals surface area contributed by atoms with Gasteiger partial charge in [-0.25, -0.2) is 0 Å². The Morgan fingerprint density at radius 1 is 1.19 bits per heavy atom. The molecule has 2 bridgehead atoms. The molecule has 7 atom stereocenters. The topological polar surface area (TPSA) is 88.9 Å². The number of carbonyl (C=O) groups is 3. The van der Waals surface area contributed by atoms with E-state index in [2.05, 4.69) is 5.32 Å². The molecule has 32 heavy (non-hydrogen) atoms. The van der Waals surface area contributed by atoms with Gasteiger partial charge in [0.05, 0.1) is 36.3 Å². The lowest BCUT2D eigenvalue weighted by atomic mass is 9.70. The summed E-state index contributed by atoms with van der Waals surface area (Å²) < 4.78 is 12.0. The van der Waals surface area contributed by atoms with Crippen LogP contribution in [0.4, 0.5) is 5.69 Å². The first-order valence-electron chi connectivity index (χ1n) is 11.0. The molecule has 1 spiro atoms. The molecule has 0 aliphatic carbocycles. The summed E-state index contributed by atoms with van der Waals surface area (Å²) in [7, 11) is 0. The molecule has 5 heterocycles. The molecule has 1 aromatic heterocycles. The molecular weight excluding hydrogens is 408 g/mol. The molecule has 6 rings (SSSR count). The number of anilines is 1. The molecule has 1 aromatic carbocycles. The van der Waals surface area contributed by atoms with Gasteiger partial charge in [0.1, 0.15) is 17.1 Å². The number of nitrogens with zero attached hydrogens (tertiary/aromatic N) is 1. The van der Waals surface area contributed by atoms with E-state index < -0.39 is 41.5 Å². The zero-order valence-corrected chi connectivity index (χ0v) is 17.9. The van der Waals surface area contributed by atoms with Crippen molar-refractivity contribution in [2.45, 2.75) is 44.1 Å². The first-order valence-corrected chi connectivity index (χ1v) is 11.0. The fourth-order valence-corrected chi connectivity index (χ4v) is 6.13. The van der Waals surface area contributed by atoms with E-state index in [9.17, 15) is 14.4 Å². The van der Waals surface area contributed by atoms with Crippen LogP contribution in [0.15, 0.2) is 59.2 Å². The van der Waals surface area contributed by atoms with Crippen molar-refractivity contribution in [3.05, 3.63) is 66.1 Å². The SMILES string of the molecule is Cc1ccc(NC(=O)[C@H]2[C@H]3C(=O)N4[C@@H]([C@@H](C)C(=O)C[C@H]4c4ccco4)[C@]34C=C[C@H]2O4)cc1. The van der Waals surface area contributed by atoms with Gasteiger partial charge in [-0.05, 0) is 31.2 Å². The van der Waals surface area contributed by atoms with Gasteiger partial charge in [-0.3, -0.25) is 14.4 Å². The van der Waals surface area contributed by atoms with E-state index >= 15 is 0 Å². The lowest BCUT2D eigenvalue weighted by Gasteiger charge is -2.43. The first-order chi connectivity index (χ1) is 15.4. The van der Waals surface area contributed by atoms with Crippen molar-refractivity contribution in [2.75, 3.05) is 5.32 Å². The summed E-state index contributed by atoms with van der Waals surface area (Å²) in [5.74, 6) is -1.44. The monoisotopic (exact) mass is 432 g/mol. The van der Waals surface area contributed by atoms with E-state index in [0.29, 0.717) is 11.4 Å². The Bertz CT molecular complexity index is 1140. The molecule has 0 unspecified atom stereocenters. The van der Waals surface area contributed by atoms with Crippen molar-refractivity contribution in [3.8, 4) is 0 Å². The molecule has 1 N–H and O–H groups in total. The van der Waals surface area contributed by atoms with Crippen LogP contribution in [0.5, 0.6) is 0 Å². The van der Waals surface area contributed by atoms with E-state index in [1.54, 1.807) is 23.3 Å². The highest BCUT2D eigenvalue weighted by atomic mass is 16.5. The van der Waals surface area contributed by atoms with Crippen LogP contribution in [-0.2, 0) is 19.1 Å². The van der Waals surface area contributed by atoms with Crippen molar-refractivity contribution in [3.63, 3.8) is 0 Å². The maximum Gasteiger partial charge on any atom is 0.231 e. The number of amides is 2. The average molecular weight is 432 g/mol. The van der Waals surface area contributed by atoms with Gasteiger partial charge in [-0.2, -0.15) is 0 Å². The van der Waals surface area contributed by atoms with Crippen molar-refractivity contribution < 1.29 is 23.5 Å². The number of furan rings is 1. The van der Waals surface area contributed by atoms with Crippen molar-refractivity contribution in [1.29, 1.82) is 0 Å². The molecule has 2 amide bonds. The molecule has 2 aromatic rings. The Morgan fingerprint density at radius 2 is 1.97 bits per heavy atom. The molecule has 164 valence electrons. The number of piperidine rings is 1. The number of ketones is 1. The first kappa shape index (κ1) is 19.5. The van der Waals surface area contributed by atoms with Crippen LogP contribution < -0.4 is 5.32 Å². The number of Topliss-reactive ketones (excluding diaryl/α,β-unsaturated/α-hetero) is 1. The van der Waals surface area contributed by atoms with Crippen LogP contribution in [0.2, 0.25) is 0 Å². The van der Waals surface area contributed by atoms with Gasteiger partial charge in [-0.1, -0.05) is 36.8 Å². The normalized spacial score (nSPS) is 37.0. The molecule has 3 saturated heterocycles. The summed E-state index contributed by atoms with van der Waals surface area (Å²) in [5, 5.41) is 2.96. The molecule has 3 fully saturated rings. The highest BCUT2D eigenvalue weighted by Crippen LogP contribution is 2.59. The largest absolute Gasteiger partial charge is 0.467 e. The Hall–Kier alpha value is -3.19. The zero-order chi connectivity index (χ0) is 22.2. The molecule has 4 aliphatic heterocycles. The van der Waals surface area contributed by atoms with Crippen molar-refractivity contribution >= 4 is 23.3 Å². The van der Waals surface area contributed by atoms with Gasteiger partial charge < -0.3 is 19.4 Å². The number of aryl methyl sites for hydroxylation is 1. The number of hydrogen-bond donors (Lipinski definition) is 1. The second kappa shape index (κ2) is 6.65. The van der Waals surface area contributed by atoms with Gasteiger partial charge in [0.2, 0.25) is 11.8 Å². The fraction of sp³-hybridized carbons (Fsp3) is 0.400. The Kier molecular flexibility index (Phi) is 4.05. The molecular formula is C25H24N2O5. The van der Waals surface area contributed by atoms with Crippen LogP contribution in [0.1, 0.15) is 30.7 Å². The van der Waals surface area contributed by atoms with Gasteiger partial charge in [0.25, 0.3) is 0 Å². The number of benzene rings is 1. The maximum absolute atomic E-state index is 13.9. The third-order valence-electron chi connectivity index (χ3n) is 7.57. The van der Waals surface area contributed by atoms with Crippen LogP contribution in [0, 0.1) is 24.7 Å². The minimum atomic E-state index is -0.975. The van der Waals surface area contributed by atoms with E-state index in [-0.39, 0.29) is 24.0 Å². The lowest BCUT2D eigenvalue weighted by Crippen LogP contribution is -2.55. The number of rotatable bonds is 3. The van der Waals surface area contributed by atoms with Gasteiger partial charge in [0, 0.05) is 18.0 Å². The molecule has 7 heteroatoms. The Labute approximate surface area is 185 Å². The van der Waals surface area contributed by atoms with Crippen molar-refractivity contribution in [1.82, 2.24) is 4.90 Å². The predicted molar refractivity (Wildman–Crippen MR) is 114 cm³/mol. The second-order valence-electron chi connectivity index (χ2n) is 9.33. The van der Waals surface area contributed by atoms with E-state index in [4.69, 9.17) is 9.15 Å². The molecule has 0 saturated carbocycles. The third kappa shape index (κ3) is 2.48. The molecule has 4 aliphatic rings. The zero-order valence-electron chi connectivity index (χ0n) is 17.9.